The molecule has 0 saturated carbocycles. The zero-order valence-electron chi connectivity index (χ0n) is 9.61. The van der Waals surface area contributed by atoms with Crippen molar-refractivity contribution in [2.75, 3.05) is 6.61 Å². The van der Waals surface area contributed by atoms with Crippen LogP contribution in [0.1, 0.15) is 18.1 Å². The second-order valence-electron chi connectivity index (χ2n) is 3.45. The van der Waals surface area contributed by atoms with Crippen molar-refractivity contribution >= 4 is 39.2 Å². The first-order chi connectivity index (χ1) is 8.49. The number of nitrogens with zero attached hydrogens (tertiary/aromatic N) is 1. The maximum absolute atomic E-state index is 11.4. The van der Waals surface area contributed by atoms with Crippen molar-refractivity contribution in [3.05, 3.63) is 38.4 Å². The Balaban J connectivity index is 3.16. The van der Waals surface area contributed by atoms with E-state index in [4.69, 9.17) is 16.3 Å². The van der Waals surface area contributed by atoms with Gasteiger partial charge in [-0.15, -0.1) is 0 Å². The zero-order valence-corrected chi connectivity index (χ0v) is 12.0. The van der Waals surface area contributed by atoms with Gasteiger partial charge in [-0.1, -0.05) is 27.5 Å². The molecule has 0 radical (unpaired) electrons. The summed E-state index contributed by atoms with van der Waals surface area (Å²) in [6.07, 6.45) is -0.203. The molecule has 0 aliphatic carbocycles. The van der Waals surface area contributed by atoms with Gasteiger partial charge < -0.3 is 4.74 Å². The Hall–Kier alpha value is -1.14. The third-order valence-electron chi connectivity index (χ3n) is 2.21. The molecule has 98 valence electrons. The van der Waals surface area contributed by atoms with E-state index >= 15 is 0 Å². The van der Waals surface area contributed by atoms with Crippen LogP contribution in [0.25, 0.3) is 0 Å². The minimum Gasteiger partial charge on any atom is -0.466 e. The van der Waals surface area contributed by atoms with E-state index in [9.17, 15) is 14.9 Å². The van der Waals surface area contributed by atoms with Crippen molar-refractivity contribution in [2.24, 2.45) is 0 Å². The summed E-state index contributed by atoms with van der Waals surface area (Å²) in [6.45, 7) is 1.89. The van der Waals surface area contributed by atoms with E-state index in [0.29, 0.717) is 10.9 Å². The van der Waals surface area contributed by atoms with Crippen LogP contribution >= 0.6 is 27.5 Å². The maximum Gasteiger partial charge on any atom is 0.310 e. The van der Waals surface area contributed by atoms with Gasteiger partial charge in [0.2, 0.25) is 0 Å². The van der Waals surface area contributed by atoms with E-state index in [-0.39, 0.29) is 29.3 Å². The van der Waals surface area contributed by atoms with E-state index in [0.717, 1.165) is 0 Å². The lowest BCUT2D eigenvalue weighted by Crippen LogP contribution is -2.10. The Bertz CT molecular complexity index is 478. The lowest BCUT2D eigenvalue weighted by atomic mass is 10.1. The number of benzene rings is 1. The van der Waals surface area contributed by atoms with Gasteiger partial charge in [0.15, 0.2) is 0 Å². The molecule has 1 aromatic carbocycles. The molecule has 5 nitrogen and oxygen atoms in total. The van der Waals surface area contributed by atoms with Gasteiger partial charge in [-0.3, -0.25) is 14.9 Å². The van der Waals surface area contributed by atoms with Gasteiger partial charge in [-0.25, -0.2) is 0 Å². The van der Waals surface area contributed by atoms with Crippen molar-refractivity contribution in [2.45, 2.75) is 18.7 Å². The fraction of sp³-hybridized carbons (Fsp3) is 0.364. The minimum absolute atomic E-state index is 0.162. The molecule has 0 unspecified atom stereocenters. The van der Waals surface area contributed by atoms with Gasteiger partial charge in [0.05, 0.1) is 28.5 Å². The fourth-order valence-corrected chi connectivity index (χ4v) is 2.08. The molecule has 18 heavy (non-hydrogen) atoms. The lowest BCUT2D eigenvalue weighted by molar-refractivity contribution is -0.385. The molecule has 0 N–H and O–H groups in total. The summed E-state index contributed by atoms with van der Waals surface area (Å²) in [5.74, 6) is -0.533. The average molecular weight is 337 g/mol. The van der Waals surface area contributed by atoms with Crippen LogP contribution in [-0.2, 0) is 21.3 Å². The molecule has 0 aliphatic heterocycles. The highest BCUT2D eigenvalue weighted by Gasteiger charge is 2.21. The molecule has 0 aliphatic rings. The van der Waals surface area contributed by atoms with Crippen LogP contribution < -0.4 is 0 Å². The van der Waals surface area contributed by atoms with Crippen LogP contribution in [0.3, 0.4) is 0 Å². The second kappa shape index (κ2) is 6.70. The van der Waals surface area contributed by atoms with E-state index in [1.807, 2.05) is 0 Å². The summed E-state index contributed by atoms with van der Waals surface area (Å²) in [5.41, 5.74) is 0.703. The van der Waals surface area contributed by atoms with Gasteiger partial charge in [-0.2, -0.15) is 0 Å². The molecule has 0 spiro atoms. The number of alkyl halides is 1. The van der Waals surface area contributed by atoms with Gasteiger partial charge in [0.1, 0.15) is 0 Å². The summed E-state index contributed by atoms with van der Waals surface area (Å²) >= 11 is 9.17. The number of ether oxygens (including phenoxy) is 1. The molecule has 0 atom stereocenters. The van der Waals surface area contributed by atoms with Crippen LogP contribution in [0.4, 0.5) is 5.69 Å². The van der Waals surface area contributed by atoms with E-state index in [1.165, 1.54) is 6.07 Å². The fourth-order valence-electron chi connectivity index (χ4n) is 1.45. The number of hydrogen-bond acceptors (Lipinski definition) is 4. The Morgan fingerprint density at radius 3 is 2.72 bits per heavy atom. The molecular formula is C11H11BrClNO4. The third-order valence-corrected chi connectivity index (χ3v) is 3.19. The molecule has 0 amide bonds. The molecule has 1 aromatic rings. The number of esters is 1. The van der Waals surface area contributed by atoms with Gasteiger partial charge in [-0.05, 0) is 18.6 Å². The van der Waals surface area contributed by atoms with Crippen LogP contribution in [0.15, 0.2) is 12.1 Å². The summed E-state index contributed by atoms with van der Waals surface area (Å²) in [5, 5.41) is 11.6. The number of carbonyl (C=O) groups excluding carboxylic acids is 1. The molecular weight excluding hydrogens is 325 g/mol. The number of nitro benzene ring substituents is 1. The van der Waals surface area contributed by atoms with Crippen LogP contribution in [0.5, 0.6) is 0 Å². The standard InChI is InChI=1S/C11H11BrClNO4/c1-2-18-11(15)5-8-9(13)3-7(6-12)4-10(8)14(16)17/h3-4H,2,5-6H2,1H3. The van der Waals surface area contributed by atoms with E-state index in [2.05, 4.69) is 15.9 Å². The molecule has 1 rings (SSSR count). The summed E-state index contributed by atoms with van der Waals surface area (Å²) in [7, 11) is 0. The normalized spacial score (nSPS) is 10.2. The SMILES string of the molecule is CCOC(=O)Cc1c(Cl)cc(CBr)cc1[N+](=O)[O-]. The quantitative estimate of drug-likeness (QED) is 0.358. The summed E-state index contributed by atoms with van der Waals surface area (Å²) < 4.78 is 4.76. The minimum atomic E-state index is -0.549. The Labute approximate surface area is 117 Å². The van der Waals surface area contributed by atoms with E-state index < -0.39 is 10.9 Å². The number of hydrogen-bond donors (Lipinski definition) is 0. The molecule has 0 aromatic heterocycles. The highest BCUT2D eigenvalue weighted by molar-refractivity contribution is 9.08. The summed E-state index contributed by atoms with van der Waals surface area (Å²) in [4.78, 5) is 21.8. The molecule has 0 fully saturated rings. The number of halogens is 2. The molecule has 0 heterocycles. The molecule has 0 saturated heterocycles. The van der Waals surface area contributed by atoms with Gasteiger partial charge in [0, 0.05) is 11.4 Å². The second-order valence-corrected chi connectivity index (χ2v) is 4.42. The smallest absolute Gasteiger partial charge is 0.310 e. The predicted molar refractivity (Wildman–Crippen MR) is 71.1 cm³/mol. The highest BCUT2D eigenvalue weighted by atomic mass is 79.9. The van der Waals surface area contributed by atoms with Crippen molar-refractivity contribution < 1.29 is 14.5 Å². The average Bonchev–Trinajstić information content (AvgIpc) is 2.31. The monoisotopic (exact) mass is 335 g/mol. The lowest BCUT2D eigenvalue weighted by Gasteiger charge is -2.07. The number of nitro groups is 1. The maximum atomic E-state index is 11.4. The topological polar surface area (TPSA) is 69.4 Å². The van der Waals surface area contributed by atoms with Crippen LogP contribution in [0.2, 0.25) is 5.02 Å². The molecule has 0 bridgehead atoms. The van der Waals surface area contributed by atoms with Crippen molar-refractivity contribution in [1.29, 1.82) is 0 Å². The van der Waals surface area contributed by atoms with Gasteiger partial charge >= 0.3 is 5.97 Å². The van der Waals surface area contributed by atoms with Crippen molar-refractivity contribution in [3.63, 3.8) is 0 Å². The number of carbonyl (C=O) groups is 1. The first kappa shape index (κ1) is 14.9. The predicted octanol–water partition coefficient (Wildman–Crippen LogP) is 3.25. The van der Waals surface area contributed by atoms with Gasteiger partial charge in [0.25, 0.3) is 5.69 Å². The van der Waals surface area contributed by atoms with Crippen LogP contribution in [0, 0.1) is 10.1 Å². The van der Waals surface area contributed by atoms with Crippen molar-refractivity contribution in [3.8, 4) is 0 Å². The van der Waals surface area contributed by atoms with Crippen molar-refractivity contribution in [1.82, 2.24) is 0 Å². The Kier molecular flexibility index (Phi) is 5.55. The Morgan fingerprint density at radius 2 is 2.22 bits per heavy atom. The third kappa shape index (κ3) is 3.68. The summed E-state index contributed by atoms with van der Waals surface area (Å²) in [6, 6.07) is 2.99. The van der Waals surface area contributed by atoms with E-state index in [1.54, 1.807) is 13.0 Å². The zero-order chi connectivity index (χ0) is 13.7. The highest BCUT2D eigenvalue weighted by Crippen LogP contribution is 2.30. The molecule has 7 heteroatoms. The number of rotatable bonds is 5. The first-order valence-electron chi connectivity index (χ1n) is 5.16. The largest absolute Gasteiger partial charge is 0.466 e. The Morgan fingerprint density at radius 1 is 1.56 bits per heavy atom. The van der Waals surface area contributed by atoms with Crippen LogP contribution in [-0.4, -0.2) is 17.5 Å². The first-order valence-corrected chi connectivity index (χ1v) is 6.66.